The summed E-state index contributed by atoms with van der Waals surface area (Å²) in [5.74, 6) is -5.80. The minimum absolute atomic E-state index is 0.193. The van der Waals surface area contributed by atoms with E-state index in [1.165, 1.54) is 0 Å². The standard InChI is InChI=1S/C22H27F2IO3Si/c1-21(2,3)29(18-10-6-4-7-11-18,19-12-8-5-9-13-19)28-15-14-17(25)16-22(23,24)20(26)27/h4-13,17H,14-16H2,1-3H3,(H,26,27). The molecule has 2 rings (SSSR count). The van der Waals surface area contributed by atoms with Gasteiger partial charge in [-0.2, -0.15) is 8.78 Å². The number of carboxylic acid groups (broad SMARTS) is 1. The SMILES string of the molecule is CC(C)(C)[Si](OCCC(I)CC(F)(F)C(=O)O)(c1ccccc1)c1ccccc1. The first-order chi connectivity index (χ1) is 13.5. The summed E-state index contributed by atoms with van der Waals surface area (Å²) in [4.78, 5) is 10.7. The van der Waals surface area contributed by atoms with Crippen molar-refractivity contribution in [2.24, 2.45) is 0 Å². The second-order valence-electron chi connectivity index (χ2n) is 8.11. The van der Waals surface area contributed by atoms with Crippen LogP contribution in [0.25, 0.3) is 0 Å². The fourth-order valence-corrected chi connectivity index (χ4v) is 8.96. The van der Waals surface area contributed by atoms with E-state index < -0.39 is 30.6 Å². The Hall–Kier alpha value is -1.32. The second kappa shape index (κ2) is 9.66. The van der Waals surface area contributed by atoms with Gasteiger partial charge >= 0.3 is 11.9 Å². The lowest BCUT2D eigenvalue weighted by atomic mass is 10.1. The molecule has 2 aromatic carbocycles. The lowest BCUT2D eigenvalue weighted by molar-refractivity contribution is -0.165. The van der Waals surface area contributed by atoms with Crippen molar-refractivity contribution < 1.29 is 23.1 Å². The molecule has 0 fully saturated rings. The average molecular weight is 532 g/mol. The van der Waals surface area contributed by atoms with E-state index in [2.05, 4.69) is 45.0 Å². The van der Waals surface area contributed by atoms with Crippen LogP contribution >= 0.6 is 22.6 Å². The van der Waals surface area contributed by atoms with E-state index in [9.17, 15) is 13.6 Å². The van der Waals surface area contributed by atoms with Gasteiger partial charge in [0, 0.05) is 17.0 Å². The van der Waals surface area contributed by atoms with Gasteiger partial charge in [0.05, 0.1) is 0 Å². The van der Waals surface area contributed by atoms with Crippen LogP contribution in [0.3, 0.4) is 0 Å². The van der Waals surface area contributed by atoms with Gasteiger partial charge in [-0.3, -0.25) is 0 Å². The Labute approximate surface area is 185 Å². The molecule has 0 heterocycles. The minimum Gasteiger partial charge on any atom is -0.477 e. The van der Waals surface area contributed by atoms with Crippen molar-refractivity contribution in [1.29, 1.82) is 0 Å². The van der Waals surface area contributed by atoms with E-state index in [0.29, 0.717) is 6.42 Å². The molecule has 0 amide bonds. The molecule has 1 N–H and O–H groups in total. The summed E-state index contributed by atoms with van der Waals surface area (Å²) < 4.78 is 33.2. The number of alkyl halides is 3. The van der Waals surface area contributed by atoms with E-state index in [4.69, 9.17) is 9.53 Å². The Morgan fingerprint density at radius 3 is 1.86 bits per heavy atom. The molecule has 0 spiro atoms. The third kappa shape index (κ3) is 5.64. The molecule has 1 atom stereocenters. The van der Waals surface area contributed by atoms with Crippen molar-refractivity contribution in [3.63, 3.8) is 0 Å². The fraction of sp³-hybridized carbons (Fsp3) is 0.409. The Kier molecular flexibility index (Phi) is 7.98. The topological polar surface area (TPSA) is 46.5 Å². The van der Waals surface area contributed by atoms with Crippen LogP contribution in [-0.4, -0.2) is 35.8 Å². The van der Waals surface area contributed by atoms with Crippen LogP contribution in [0.1, 0.15) is 33.6 Å². The van der Waals surface area contributed by atoms with Crippen molar-refractivity contribution >= 4 is 47.3 Å². The number of carboxylic acids is 1. The number of benzene rings is 2. The normalized spacial score (nSPS) is 13.9. The van der Waals surface area contributed by atoms with Crippen LogP contribution in [0.5, 0.6) is 0 Å². The smallest absolute Gasteiger partial charge is 0.374 e. The van der Waals surface area contributed by atoms with Crippen LogP contribution < -0.4 is 10.4 Å². The van der Waals surface area contributed by atoms with Gasteiger partial charge in [0.15, 0.2) is 0 Å². The van der Waals surface area contributed by atoms with Crippen LogP contribution in [0.15, 0.2) is 60.7 Å². The molecule has 1 unspecified atom stereocenters. The predicted octanol–water partition coefficient (Wildman–Crippen LogP) is 4.87. The molecule has 7 heteroatoms. The van der Waals surface area contributed by atoms with E-state index in [1.807, 2.05) is 59.0 Å². The Balaban J connectivity index is 2.31. The first kappa shape index (κ1) is 24.0. The zero-order chi connectivity index (χ0) is 21.7. The molecule has 29 heavy (non-hydrogen) atoms. The van der Waals surface area contributed by atoms with Gasteiger partial charge in [0.25, 0.3) is 8.32 Å². The fourth-order valence-electron chi connectivity index (χ4n) is 3.57. The predicted molar refractivity (Wildman–Crippen MR) is 123 cm³/mol. The van der Waals surface area contributed by atoms with Gasteiger partial charge < -0.3 is 9.53 Å². The molecular formula is C22H27F2IO3Si. The van der Waals surface area contributed by atoms with E-state index in [-0.39, 0.29) is 11.6 Å². The molecule has 0 aliphatic carbocycles. The molecular weight excluding hydrogens is 505 g/mol. The number of hydrogen-bond acceptors (Lipinski definition) is 2. The van der Waals surface area contributed by atoms with Crippen molar-refractivity contribution in [2.45, 2.75) is 48.5 Å². The van der Waals surface area contributed by atoms with Gasteiger partial charge in [-0.05, 0) is 21.8 Å². The molecule has 0 aromatic heterocycles. The highest BCUT2D eigenvalue weighted by molar-refractivity contribution is 14.1. The van der Waals surface area contributed by atoms with Crippen LogP contribution in [-0.2, 0) is 9.22 Å². The zero-order valence-electron chi connectivity index (χ0n) is 16.9. The van der Waals surface area contributed by atoms with Crippen molar-refractivity contribution in [3.05, 3.63) is 60.7 Å². The molecule has 2 aromatic rings. The van der Waals surface area contributed by atoms with E-state index >= 15 is 0 Å². The molecule has 0 aliphatic heterocycles. The van der Waals surface area contributed by atoms with E-state index in [0.717, 1.165) is 10.4 Å². The van der Waals surface area contributed by atoms with Crippen LogP contribution in [0.2, 0.25) is 5.04 Å². The first-order valence-electron chi connectivity index (χ1n) is 9.51. The number of halogens is 3. The van der Waals surface area contributed by atoms with Crippen LogP contribution in [0.4, 0.5) is 8.78 Å². The van der Waals surface area contributed by atoms with Gasteiger partial charge in [-0.15, -0.1) is 0 Å². The summed E-state index contributed by atoms with van der Waals surface area (Å²) in [6.07, 6.45) is -0.346. The highest BCUT2D eigenvalue weighted by Crippen LogP contribution is 2.37. The molecule has 0 saturated carbocycles. The number of aliphatic carboxylic acids is 1. The average Bonchev–Trinajstić information content (AvgIpc) is 2.65. The molecule has 0 aliphatic rings. The second-order valence-corrected chi connectivity index (χ2v) is 14.2. The molecule has 0 saturated heterocycles. The third-order valence-electron chi connectivity index (χ3n) is 4.96. The minimum atomic E-state index is -3.72. The highest BCUT2D eigenvalue weighted by atomic mass is 127. The Bertz CT molecular complexity index is 755. The largest absolute Gasteiger partial charge is 0.477 e. The van der Waals surface area contributed by atoms with E-state index in [1.54, 1.807) is 0 Å². The zero-order valence-corrected chi connectivity index (χ0v) is 20.0. The third-order valence-corrected chi connectivity index (χ3v) is 11.1. The van der Waals surface area contributed by atoms with Crippen LogP contribution in [0, 0.1) is 0 Å². The van der Waals surface area contributed by atoms with Crippen molar-refractivity contribution in [3.8, 4) is 0 Å². The maximum atomic E-state index is 13.5. The van der Waals surface area contributed by atoms with Gasteiger partial charge in [0.2, 0.25) is 0 Å². The first-order valence-corrected chi connectivity index (χ1v) is 12.7. The lowest BCUT2D eigenvalue weighted by Gasteiger charge is -2.43. The summed E-state index contributed by atoms with van der Waals surface area (Å²) in [7, 11) is -2.70. The van der Waals surface area contributed by atoms with Crippen molar-refractivity contribution in [1.82, 2.24) is 0 Å². The molecule has 0 radical (unpaired) electrons. The maximum absolute atomic E-state index is 13.5. The summed E-state index contributed by atoms with van der Waals surface area (Å²) in [5.41, 5.74) is 0. The summed E-state index contributed by atoms with van der Waals surface area (Å²) in [6.45, 7) is 6.74. The molecule has 0 bridgehead atoms. The van der Waals surface area contributed by atoms with Crippen molar-refractivity contribution in [2.75, 3.05) is 6.61 Å². The van der Waals surface area contributed by atoms with Gasteiger partial charge in [-0.25, -0.2) is 4.79 Å². The quantitative estimate of drug-likeness (QED) is 0.285. The number of carbonyl (C=O) groups is 1. The number of hydrogen-bond donors (Lipinski definition) is 1. The Morgan fingerprint density at radius 2 is 1.48 bits per heavy atom. The lowest BCUT2D eigenvalue weighted by Crippen LogP contribution is -2.66. The Morgan fingerprint density at radius 1 is 1.03 bits per heavy atom. The molecule has 158 valence electrons. The highest BCUT2D eigenvalue weighted by Gasteiger charge is 2.50. The summed E-state index contributed by atoms with van der Waals surface area (Å²) >= 11 is 1.89. The van der Waals surface area contributed by atoms with Gasteiger partial charge in [-0.1, -0.05) is 104 Å². The summed E-state index contributed by atoms with van der Waals surface area (Å²) in [5, 5.41) is 10.7. The monoisotopic (exact) mass is 532 g/mol. The summed E-state index contributed by atoms with van der Waals surface area (Å²) in [6, 6.07) is 20.2. The maximum Gasteiger partial charge on any atom is 0.374 e. The molecule has 3 nitrogen and oxygen atoms in total. The van der Waals surface area contributed by atoms with Gasteiger partial charge in [0.1, 0.15) is 0 Å². The number of rotatable bonds is 9.